The van der Waals surface area contributed by atoms with Crippen LogP contribution in [0.4, 0.5) is 0 Å². The second-order valence-electron chi connectivity index (χ2n) is 11.6. The van der Waals surface area contributed by atoms with E-state index < -0.39 is 0 Å². The number of amides is 1. The molecule has 0 aromatic heterocycles. The minimum atomic E-state index is 0.264. The highest BCUT2D eigenvalue weighted by molar-refractivity contribution is 5.76. The number of carbonyl (C=O) groups is 1. The molecule has 2 unspecified atom stereocenters. The van der Waals surface area contributed by atoms with Crippen molar-refractivity contribution in [3.63, 3.8) is 0 Å². The molecule has 0 saturated heterocycles. The molecule has 0 fully saturated rings. The van der Waals surface area contributed by atoms with Crippen molar-refractivity contribution < 1.29 is 4.79 Å². The minimum Gasteiger partial charge on any atom is -0.356 e. The molecule has 0 heterocycles. The van der Waals surface area contributed by atoms with Crippen LogP contribution in [0.1, 0.15) is 157 Å². The van der Waals surface area contributed by atoms with Gasteiger partial charge in [0.15, 0.2) is 0 Å². The zero-order valence-corrected chi connectivity index (χ0v) is 22.5. The van der Waals surface area contributed by atoms with Crippen molar-refractivity contribution in [2.24, 2.45) is 17.3 Å². The van der Waals surface area contributed by atoms with Gasteiger partial charge in [-0.25, -0.2) is 0 Å². The summed E-state index contributed by atoms with van der Waals surface area (Å²) < 4.78 is 0. The number of hydrogen-bond donors (Lipinski definition) is 1. The normalized spacial score (nSPS) is 13.9. The van der Waals surface area contributed by atoms with E-state index >= 15 is 0 Å². The van der Waals surface area contributed by atoms with Gasteiger partial charge in [-0.15, -0.1) is 0 Å². The molecule has 0 rings (SSSR count). The first kappa shape index (κ1) is 30.5. The maximum Gasteiger partial charge on any atom is 0.220 e. The molecule has 2 nitrogen and oxygen atoms in total. The lowest BCUT2D eigenvalue weighted by Gasteiger charge is -2.23. The summed E-state index contributed by atoms with van der Waals surface area (Å²) in [6.45, 7) is 14.5. The van der Waals surface area contributed by atoms with E-state index in [1.165, 1.54) is 103 Å². The smallest absolute Gasteiger partial charge is 0.220 e. The van der Waals surface area contributed by atoms with E-state index in [2.05, 4.69) is 46.9 Å². The Balaban J connectivity index is 4.19. The van der Waals surface area contributed by atoms with E-state index in [1.54, 1.807) is 0 Å². The van der Waals surface area contributed by atoms with Gasteiger partial charge in [-0.2, -0.15) is 0 Å². The van der Waals surface area contributed by atoms with Gasteiger partial charge in [0.05, 0.1) is 0 Å². The molecule has 1 amide bonds. The summed E-state index contributed by atoms with van der Waals surface area (Å²) in [5.41, 5.74) is 0.302. The Morgan fingerprint density at radius 3 is 1.55 bits per heavy atom. The van der Waals surface area contributed by atoms with Gasteiger partial charge in [-0.1, -0.05) is 131 Å². The summed E-state index contributed by atoms with van der Waals surface area (Å²) in [6, 6.07) is 0. The predicted molar refractivity (Wildman–Crippen MR) is 140 cm³/mol. The fourth-order valence-electron chi connectivity index (χ4n) is 4.89. The van der Waals surface area contributed by atoms with Crippen LogP contribution < -0.4 is 5.32 Å². The number of rotatable bonds is 21. The molecule has 0 aromatic rings. The Bertz CT molecular complexity index is 398. The Labute approximate surface area is 197 Å². The van der Waals surface area contributed by atoms with E-state index in [1.807, 2.05) is 0 Å². The minimum absolute atomic E-state index is 0.264. The molecule has 2 heteroatoms. The van der Waals surface area contributed by atoms with Gasteiger partial charge in [0.2, 0.25) is 5.91 Å². The van der Waals surface area contributed by atoms with Gasteiger partial charge in [-0.3, -0.25) is 4.79 Å². The van der Waals surface area contributed by atoms with Crippen molar-refractivity contribution in [2.75, 3.05) is 6.54 Å². The van der Waals surface area contributed by atoms with E-state index in [9.17, 15) is 4.79 Å². The quantitative estimate of drug-likeness (QED) is 0.178. The van der Waals surface area contributed by atoms with Crippen molar-refractivity contribution in [1.82, 2.24) is 5.32 Å². The summed E-state index contributed by atoms with van der Waals surface area (Å²) in [6.07, 6.45) is 23.6. The van der Waals surface area contributed by atoms with Gasteiger partial charge >= 0.3 is 0 Å². The van der Waals surface area contributed by atoms with E-state index in [0.29, 0.717) is 23.7 Å². The van der Waals surface area contributed by atoms with Crippen LogP contribution in [0.3, 0.4) is 0 Å². The summed E-state index contributed by atoms with van der Waals surface area (Å²) in [7, 11) is 0. The maximum absolute atomic E-state index is 12.5. The van der Waals surface area contributed by atoms with E-state index in [0.717, 1.165) is 13.0 Å². The van der Waals surface area contributed by atoms with Crippen LogP contribution >= 0.6 is 0 Å². The zero-order chi connectivity index (χ0) is 23.4. The fourth-order valence-corrected chi connectivity index (χ4v) is 4.89. The second-order valence-corrected chi connectivity index (χ2v) is 11.6. The maximum atomic E-state index is 12.5. The van der Waals surface area contributed by atoms with Crippen molar-refractivity contribution in [3.05, 3.63) is 0 Å². The summed E-state index contributed by atoms with van der Waals surface area (Å²) in [5, 5.41) is 3.30. The third-order valence-corrected chi connectivity index (χ3v) is 6.51. The van der Waals surface area contributed by atoms with Crippen LogP contribution in [0.2, 0.25) is 0 Å². The van der Waals surface area contributed by atoms with Crippen molar-refractivity contribution in [1.29, 1.82) is 0 Å². The van der Waals surface area contributed by atoms with Gasteiger partial charge in [0.1, 0.15) is 0 Å². The van der Waals surface area contributed by atoms with Crippen LogP contribution in [0.5, 0.6) is 0 Å². The van der Waals surface area contributed by atoms with Crippen LogP contribution in [0.15, 0.2) is 0 Å². The Hall–Kier alpha value is -0.530. The lowest BCUT2D eigenvalue weighted by atomic mass is 9.84. The Kier molecular flexibility index (Phi) is 19.8. The largest absolute Gasteiger partial charge is 0.356 e. The number of carbonyl (C=O) groups excluding carboxylic acids is 1. The van der Waals surface area contributed by atoms with Crippen molar-refractivity contribution in [2.45, 2.75) is 157 Å². The highest BCUT2D eigenvalue weighted by atomic mass is 16.1. The Morgan fingerprint density at radius 1 is 0.710 bits per heavy atom. The molecule has 0 aliphatic heterocycles. The molecule has 186 valence electrons. The SMILES string of the molecule is CCCCCCCCCCC(CCCCCCCC)CNC(=O)CC(C)CC(C)(C)C. The zero-order valence-electron chi connectivity index (χ0n) is 22.5. The number of hydrogen-bond acceptors (Lipinski definition) is 1. The monoisotopic (exact) mass is 437 g/mol. The lowest BCUT2D eigenvalue weighted by molar-refractivity contribution is -0.122. The Morgan fingerprint density at radius 2 is 1.13 bits per heavy atom. The molecule has 0 aromatic carbocycles. The van der Waals surface area contributed by atoms with Crippen LogP contribution in [-0.2, 0) is 4.79 Å². The first-order valence-corrected chi connectivity index (χ1v) is 14.0. The molecule has 0 spiro atoms. The summed E-state index contributed by atoms with van der Waals surface area (Å²) in [5.74, 6) is 1.40. The standard InChI is InChI=1S/C29H59NO/c1-7-9-11-13-15-16-18-20-22-27(21-19-17-14-12-10-8-2)25-30-28(31)23-26(3)24-29(4,5)6/h26-27H,7-25H2,1-6H3,(H,30,31). The van der Waals surface area contributed by atoms with Crippen LogP contribution in [0.25, 0.3) is 0 Å². The molecular weight excluding hydrogens is 378 g/mol. The van der Waals surface area contributed by atoms with Gasteiger partial charge in [-0.05, 0) is 36.5 Å². The molecule has 0 bridgehead atoms. The van der Waals surface area contributed by atoms with Crippen molar-refractivity contribution in [3.8, 4) is 0 Å². The van der Waals surface area contributed by atoms with E-state index in [-0.39, 0.29) is 5.91 Å². The molecule has 31 heavy (non-hydrogen) atoms. The average molecular weight is 438 g/mol. The number of unbranched alkanes of at least 4 members (excludes halogenated alkanes) is 12. The summed E-state index contributed by atoms with van der Waals surface area (Å²) >= 11 is 0. The average Bonchev–Trinajstić information content (AvgIpc) is 2.68. The molecule has 1 N–H and O–H groups in total. The summed E-state index contributed by atoms with van der Waals surface area (Å²) in [4.78, 5) is 12.5. The molecule has 2 atom stereocenters. The van der Waals surface area contributed by atoms with Crippen LogP contribution in [0, 0.1) is 17.3 Å². The molecule has 0 aliphatic rings. The van der Waals surface area contributed by atoms with Gasteiger partial charge < -0.3 is 5.32 Å². The molecule has 0 aliphatic carbocycles. The molecular formula is C29H59NO. The van der Waals surface area contributed by atoms with E-state index in [4.69, 9.17) is 0 Å². The lowest BCUT2D eigenvalue weighted by Crippen LogP contribution is -2.31. The van der Waals surface area contributed by atoms with Gasteiger partial charge in [0.25, 0.3) is 0 Å². The second kappa shape index (κ2) is 20.1. The fraction of sp³-hybridized carbons (Fsp3) is 0.966. The topological polar surface area (TPSA) is 29.1 Å². The highest BCUT2D eigenvalue weighted by Crippen LogP contribution is 2.26. The van der Waals surface area contributed by atoms with Gasteiger partial charge in [0, 0.05) is 13.0 Å². The molecule has 0 radical (unpaired) electrons. The highest BCUT2D eigenvalue weighted by Gasteiger charge is 2.18. The molecule has 0 saturated carbocycles. The van der Waals surface area contributed by atoms with Crippen molar-refractivity contribution >= 4 is 5.91 Å². The number of nitrogens with one attached hydrogen (secondary N) is 1. The third-order valence-electron chi connectivity index (χ3n) is 6.51. The first-order valence-electron chi connectivity index (χ1n) is 14.0. The predicted octanol–water partition coefficient (Wildman–Crippen LogP) is 9.46. The third kappa shape index (κ3) is 22.5. The first-order chi connectivity index (χ1) is 14.8. The van der Waals surface area contributed by atoms with Crippen LogP contribution in [-0.4, -0.2) is 12.5 Å².